The van der Waals surface area contributed by atoms with Crippen LogP contribution >= 0.6 is 11.8 Å². The van der Waals surface area contributed by atoms with Crippen molar-refractivity contribution >= 4 is 11.8 Å². The van der Waals surface area contributed by atoms with Crippen LogP contribution in [0.4, 0.5) is 0 Å². The summed E-state index contributed by atoms with van der Waals surface area (Å²) >= 11 is 2.18. The Kier molecular flexibility index (Phi) is 6.55. The number of hydrogen-bond acceptors (Lipinski definition) is 2. The molecule has 2 saturated carbocycles. The zero-order valence-corrected chi connectivity index (χ0v) is 14.0. The van der Waals surface area contributed by atoms with E-state index < -0.39 is 0 Å². The molecule has 0 aliphatic heterocycles. The first-order chi connectivity index (χ1) is 9.22. The SMILES string of the molecule is CCCNC(CSC(C)CC)CC1CC2CCC1C2. The number of thioether (sulfide) groups is 1. The van der Waals surface area contributed by atoms with Crippen LogP contribution < -0.4 is 5.32 Å². The van der Waals surface area contributed by atoms with E-state index in [1.165, 1.54) is 44.4 Å². The Hall–Kier alpha value is 0.310. The molecule has 1 N–H and O–H groups in total. The highest BCUT2D eigenvalue weighted by Crippen LogP contribution is 2.50. The largest absolute Gasteiger partial charge is 0.313 e. The van der Waals surface area contributed by atoms with Crippen molar-refractivity contribution in [3.63, 3.8) is 0 Å². The van der Waals surface area contributed by atoms with Gasteiger partial charge in [-0.3, -0.25) is 0 Å². The minimum Gasteiger partial charge on any atom is -0.313 e. The molecule has 112 valence electrons. The summed E-state index contributed by atoms with van der Waals surface area (Å²) in [5.74, 6) is 4.56. The molecule has 5 atom stereocenters. The van der Waals surface area contributed by atoms with Gasteiger partial charge in [-0.05, 0) is 62.8 Å². The fraction of sp³-hybridized carbons (Fsp3) is 1.00. The molecule has 2 heteroatoms. The molecule has 2 fully saturated rings. The Bertz CT molecular complexity index is 256. The fourth-order valence-electron chi connectivity index (χ4n) is 3.99. The van der Waals surface area contributed by atoms with Crippen LogP contribution in [-0.2, 0) is 0 Å². The zero-order chi connectivity index (χ0) is 13.7. The van der Waals surface area contributed by atoms with Gasteiger partial charge in [0.2, 0.25) is 0 Å². The normalized spacial score (nSPS) is 32.7. The summed E-state index contributed by atoms with van der Waals surface area (Å²) in [5.41, 5.74) is 0. The molecule has 2 rings (SSSR count). The standard InChI is InChI=1S/C17H33NS/c1-4-8-18-17(12-19-13(3)5-2)11-16-10-14-6-7-15(16)9-14/h13-18H,4-12H2,1-3H3. The first kappa shape index (κ1) is 15.7. The van der Waals surface area contributed by atoms with Gasteiger partial charge in [0.05, 0.1) is 0 Å². The van der Waals surface area contributed by atoms with Gasteiger partial charge in [-0.2, -0.15) is 11.8 Å². The number of rotatable bonds is 9. The second kappa shape index (κ2) is 7.93. The Morgan fingerprint density at radius 1 is 1.21 bits per heavy atom. The van der Waals surface area contributed by atoms with Crippen LogP contribution in [0, 0.1) is 17.8 Å². The van der Waals surface area contributed by atoms with Crippen molar-refractivity contribution in [1.29, 1.82) is 0 Å². The maximum absolute atomic E-state index is 3.81. The Balaban J connectivity index is 1.76. The molecule has 2 aliphatic carbocycles. The van der Waals surface area contributed by atoms with Gasteiger partial charge >= 0.3 is 0 Å². The minimum atomic E-state index is 0.767. The number of fused-ring (bicyclic) bond motifs is 2. The third-order valence-electron chi connectivity index (χ3n) is 5.31. The van der Waals surface area contributed by atoms with Crippen LogP contribution in [-0.4, -0.2) is 23.6 Å². The fourth-order valence-corrected chi connectivity index (χ4v) is 5.04. The van der Waals surface area contributed by atoms with Crippen LogP contribution in [0.1, 0.15) is 65.7 Å². The smallest absolute Gasteiger partial charge is 0.0161 e. The second-order valence-electron chi connectivity index (χ2n) is 6.87. The van der Waals surface area contributed by atoms with Crippen molar-refractivity contribution in [2.75, 3.05) is 12.3 Å². The lowest BCUT2D eigenvalue weighted by Crippen LogP contribution is -2.35. The molecule has 0 heterocycles. The van der Waals surface area contributed by atoms with E-state index in [1.54, 1.807) is 12.8 Å². The molecule has 1 nitrogen and oxygen atoms in total. The average molecular weight is 284 g/mol. The van der Waals surface area contributed by atoms with Gasteiger partial charge in [-0.25, -0.2) is 0 Å². The van der Waals surface area contributed by atoms with Crippen molar-refractivity contribution in [3.8, 4) is 0 Å². The summed E-state index contributed by atoms with van der Waals surface area (Å²) in [6.45, 7) is 8.16. The zero-order valence-electron chi connectivity index (χ0n) is 13.2. The molecule has 0 aromatic heterocycles. The molecule has 0 saturated heterocycles. The summed E-state index contributed by atoms with van der Waals surface area (Å²) in [6, 6.07) is 0.767. The third-order valence-corrected chi connectivity index (χ3v) is 6.81. The maximum Gasteiger partial charge on any atom is 0.0161 e. The highest BCUT2D eigenvalue weighted by atomic mass is 32.2. The summed E-state index contributed by atoms with van der Waals surface area (Å²) in [6.07, 6.45) is 10.2. The predicted octanol–water partition coefficient (Wildman–Crippen LogP) is 4.71. The molecule has 0 aromatic carbocycles. The quantitative estimate of drug-likeness (QED) is 0.657. The molecular weight excluding hydrogens is 250 g/mol. The molecule has 0 aromatic rings. The molecule has 0 spiro atoms. The first-order valence-electron chi connectivity index (χ1n) is 8.57. The van der Waals surface area contributed by atoms with E-state index in [0.717, 1.165) is 29.0 Å². The minimum absolute atomic E-state index is 0.767. The summed E-state index contributed by atoms with van der Waals surface area (Å²) in [4.78, 5) is 0. The average Bonchev–Trinajstić information content (AvgIpc) is 3.03. The van der Waals surface area contributed by atoms with E-state index in [-0.39, 0.29) is 0 Å². The molecule has 2 bridgehead atoms. The van der Waals surface area contributed by atoms with E-state index in [0.29, 0.717) is 0 Å². The maximum atomic E-state index is 3.81. The Morgan fingerprint density at radius 3 is 2.63 bits per heavy atom. The van der Waals surface area contributed by atoms with Crippen LogP contribution in [0.25, 0.3) is 0 Å². The van der Waals surface area contributed by atoms with Crippen LogP contribution in [0.5, 0.6) is 0 Å². The van der Waals surface area contributed by atoms with Gasteiger partial charge in [-0.15, -0.1) is 0 Å². The van der Waals surface area contributed by atoms with Gasteiger partial charge in [0.15, 0.2) is 0 Å². The second-order valence-corrected chi connectivity index (χ2v) is 8.35. The summed E-state index contributed by atoms with van der Waals surface area (Å²) in [7, 11) is 0. The monoisotopic (exact) mass is 283 g/mol. The van der Waals surface area contributed by atoms with Crippen molar-refractivity contribution in [1.82, 2.24) is 5.32 Å². The first-order valence-corrected chi connectivity index (χ1v) is 9.62. The highest BCUT2D eigenvalue weighted by molar-refractivity contribution is 7.99. The highest BCUT2D eigenvalue weighted by Gasteiger charge is 2.39. The third kappa shape index (κ3) is 4.67. The molecule has 0 amide bonds. The van der Waals surface area contributed by atoms with E-state index in [2.05, 4.69) is 37.8 Å². The Labute approximate surface area is 124 Å². The molecule has 0 radical (unpaired) electrons. The lowest BCUT2D eigenvalue weighted by Gasteiger charge is -2.28. The topological polar surface area (TPSA) is 12.0 Å². The van der Waals surface area contributed by atoms with E-state index in [4.69, 9.17) is 0 Å². The number of nitrogens with one attached hydrogen (secondary N) is 1. The van der Waals surface area contributed by atoms with Gasteiger partial charge < -0.3 is 5.32 Å². The van der Waals surface area contributed by atoms with Gasteiger partial charge in [0, 0.05) is 17.0 Å². The van der Waals surface area contributed by atoms with Crippen molar-refractivity contribution in [2.45, 2.75) is 77.0 Å². The summed E-state index contributed by atoms with van der Waals surface area (Å²) < 4.78 is 0. The molecule has 2 aliphatic rings. The van der Waals surface area contributed by atoms with Gasteiger partial charge in [0.1, 0.15) is 0 Å². The lowest BCUT2D eigenvalue weighted by atomic mass is 9.84. The van der Waals surface area contributed by atoms with Crippen LogP contribution in [0.3, 0.4) is 0 Å². The van der Waals surface area contributed by atoms with E-state index in [1.807, 2.05) is 0 Å². The Morgan fingerprint density at radius 2 is 2.05 bits per heavy atom. The van der Waals surface area contributed by atoms with Crippen molar-refractivity contribution < 1.29 is 0 Å². The van der Waals surface area contributed by atoms with E-state index >= 15 is 0 Å². The number of hydrogen-bond donors (Lipinski definition) is 1. The van der Waals surface area contributed by atoms with Crippen LogP contribution in [0.15, 0.2) is 0 Å². The van der Waals surface area contributed by atoms with Gasteiger partial charge in [0.25, 0.3) is 0 Å². The van der Waals surface area contributed by atoms with Crippen LogP contribution in [0.2, 0.25) is 0 Å². The predicted molar refractivity (Wildman–Crippen MR) is 87.8 cm³/mol. The lowest BCUT2D eigenvalue weighted by molar-refractivity contribution is 0.286. The van der Waals surface area contributed by atoms with Crippen molar-refractivity contribution in [3.05, 3.63) is 0 Å². The van der Waals surface area contributed by atoms with Crippen molar-refractivity contribution in [2.24, 2.45) is 17.8 Å². The molecule has 19 heavy (non-hydrogen) atoms. The summed E-state index contributed by atoms with van der Waals surface area (Å²) in [5, 5.41) is 4.64. The van der Waals surface area contributed by atoms with Gasteiger partial charge in [-0.1, -0.05) is 27.2 Å². The molecular formula is C17H33NS. The van der Waals surface area contributed by atoms with E-state index in [9.17, 15) is 0 Å². The molecule has 5 unspecified atom stereocenters.